The molecule has 0 spiro atoms. The average molecular weight is 840 g/mol. The van der Waals surface area contributed by atoms with E-state index in [4.69, 9.17) is 21.4 Å². The third-order valence-electron chi connectivity index (χ3n) is 7.69. The first-order valence-electron chi connectivity index (χ1n) is 18.1. The number of hydrogen-bond donors (Lipinski definition) is 2. The van der Waals surface area contributed by atoms with Crippen LogP contribution >= 0.6 is 23.4 Å². The summed E-state index contributed by atoms with van der Waals surface area (Å²) < 4.78 is 74.4. The van der Waals surface area contributed by atoms with Gasteiger partial charge in [0.1, 0.15) is 18.0 Å². The molecule has 2 saturated heterocycles. The summed E-state index contributed by atoms with van der Waals surface area (Å²) in [4.78, 5) is 26.1. The topological polar surface area (TPSA) is 82.1 Å². The van der Waals surface area contributed by atoms with Crippen LogP contribution in [0.3, 0.4) is 0 Å². The van der Waals surface area contributed by atoms with Crippen LogP contribution in [0.4, 0.5) is 32.0 Å². The lowest BCUT2D eigenvalue weighted by atomic mass is 10.00. The van der Waals surface area contributed by atoms with Crippen molar-refractivity contribution in [3.63, 3.8) is 0 Å². The van der Waals surface area contributed by atoms with E-state index in [0.29, 0.717) is 16.3 Å². The first-order valence-corrected chi connectivity index (χ1v) is 19.4. The summed E-state index contributed by atoms with van der Waals surface area (Å²) in [5.41, 5.74) is 2.90. The van der Waals surface area contributed by atoms with E-state index in [1.54, 1.807) is 6.08 Å². The molecule has 2 heterocycles. The van der Waals surface area contributed by atoms with Crippen molar-refractivity contribution in [2.45, 2.75) is 82.1 Å². The largest absolute Gasteiger partial charge is 0.505 e. The van der Waals surface area contributed by atoms with Crippen LogP contribution in [-0.4, -0.2) is 99.9 Å². The van der Waals surface area contributed by atoms with Crippen molar-refractivity contribution in [1.29, 1.82) is 0 Å². The number of nitrogens with zero attached hydrogens (tertiary/aromatic N) is 2. The van der Waals surface area contributed by atoms with Crippen molar-refractivity contribution < 1.29 is 45.8 Å². The highest BCUT2D eigenvalue weighted by molar-refractivity contribution is 8.00. The number of anilines is 1. The summed E-state index contributed by atoms with van der Waals surface area (Å²) in [6, 6.07) is 11.1. The van der Waals surface area contributed by atoms with E-state index in [1.807, 2.05) is 66.1 Å². The number of alkyl halides is 6. The number of methoxy groups -OCH3 is 1. The fourth-order valence-electron chi connectivity index (χ4n) is 4.87. The van der Waals surface area contributed by atoms with Crippen molar-refractivity contribution in [3.8, 4) is 5.75 Å². The van der Waals surface area contributed by atoms with Crippen LogP contribution in [0.2, 0.25) is 5.02 Å². The first-order chi connectivity index (χ1) is 26.3. The smallest absolute Gasteiger partial charge is 0.448 e. The molecule has 318 valence electrons. The molecular formula is C41H60ClF6N3O4S. The zero-order valence-corrected chi connectivity index (χ0v) is 35.3. The van der Waals surface area contributed by atoms with E-state index in [-0.39, 0.29) is 11.8 Å². The molecule has 2 aromatic rings. The monoisotopic (exact) mass is 839 g/mol. The number of aliphatic hydroxyl groups is 1. The van der Waals surface area contributed by atoms with Gasteiger partial charge in [0.25, 0.3) is 0 Å². The summed E-state index contributed by atoms with van der Waals surface area (Å²) in [5, 5.41) is 12.5. The number of thioether (sulfide) groups is 1. The fraction of sp³-hybridized carbons (Fsp3) is 0.512. The van der Waals surface area contributed by atoms with Crippen molar-refractivity contribution in [2.75, 3.05) is 59.3 Å². The number of piperidine rings is 2. The molecule has 56 heavy (non-hydrogen) atoms. The number of ether oxygens (including phenoxy) is 1. The predicted octanol–water partition coefficient (Wildman–Crippen LogP) is 11.1. The maximum atomic E-state index is 12.4. The zero-order valence-electron chi connectivity index (χ0n) is 33.8. The van der Waals surface area contributed by atoms with Gasteiger partial charge in [-0.1, -0.05) is 68.5 Å². The number of halogens is 7. The molecular weight excluding hydrogens is 780 g/mol. The van der Waals surface area contributed by atoms with Crippen LogP contribution in [0.1, 0.15) is 75.2 Å². The normalized spacial score (nSPS) is 15.0. The minimum absolute atomic E-state index is 0.114. The Labute approximate surface area is 339 Å². The molecule has 7 nitrogen and oxygen atoms in total. The first kappa shape index (κ1) is 54.6. The Morgan fingerprint density at radius 3 is 1.82 bits per heavy atom. The van der Waals surface area contributed by atoms with Crippen LogP contribution in [0, 0.1) is 0 Å². The van der Waals surface area contributed by atoms with Gasteiger partial charge in [-0.15, -0.1) is 0 Å². The van der Waals surface area contributed by atoms with Crippen LogP contribution in [0.25, 0.3) is 0 Å². The minimum Gasteiger partial charge on any atom is -0.505 e. The van der Waals surface area contributed by atoms with E-state index in [9.17, 15) is 35.9 Å². The summed E-state index contributed by atoms with van der Waals surface area (Å²) in [6.07, 6.45) is 0.414. The molecule has 2 fully saturated rings. The number of aldehydes is 2. The molecule has 0 saturated carbocycles. The number of carbonyl (C=O) groups excluding carboxylic acids is 2. The molecule has 0 aliphatic carbocycles. The van der Waals surface area contributed by atoms with Crippen molar-refractivity contribution >= 4 is 41.6 Å². The van der Waals surface area contributed by atoms with Gasteiger partial charge in [0.05, 0.1) is 12.1 Å². The molecule has 1 unspecified atom stereocenters. The van der Waals surface area contributed by atoms with E-state index in [2.05, 4.69) is 47.1 Å². The number of hydrogen-bond acceptors (Lipinski definition) is 8. The van der Waals surface area contributed by atoms with Gasteiger partial charge >= 0.3 is 12.4 Å². The lowest BCUT2D eigenvalue weighted by Crippen LogP contribution is -2.37. The lowest BCUT2D eigenvalue weighted by molar-refractivity contribution is -0.156. The SMILES string of the molecule is C=C(O)C(F)(F)F.C=CC=C(C)C.CC.CN1CCC(SC2CCN(c3ccc(C=O)c(Cl)c3)CC2)CC1.CNC.COc1cccc(C(C=O)C(F)(F)F)c1. The van der Waals surface area contributed by atoms with Gasteiger partial charge in [-0.05, 0) is 110 Å². The molecule has 2 N–H and O–H groups in total. The molecule has 0 bridgehead atoms. The number of nitrogens with one attached hydrogen (secondary N) is 1. The summed E-state index contributed by atoms with van der Waals surface area (Å²) in [6.45, 7) is 18.5. The third-order valence-corrected chi connectivity index (χ3v) is 9.73. The van der Waals surface area contributed by atoms with Gasteiger partial charge in [-0.25, -0.2) is 0 Å². The zero-order chi connectivity index (χ0) is 43.5. The highest BCUT2D eigenvalue weighted by Crippen LogP contribution is 2.35. The van der Waals surface area contributed by atoms with Crippen LogP contribution in [-0.2, 0) is 4.79 Å². The van der Waals surface area contributed by atoms with Crippen LogP contribution < -0.4 is 15.0 Å². The van der Waals surface area contributed by atoms with Gasteiger partial charge in [0, 0.05) is 34.8 Å². The predicted molar refractivity (Wildman–Crippen MR) is 222 cm³/mol. The van der Waals surface area contributed by atoms with Crippen molar-refractivity contribution in [1.82, 2.24) is 10.2 Å². The summed E-state index contributed by atoms with van der Waals surface area (Å²) in [5.74, 6) is -3.55. The third kappa shape index (κ3) is 23.6. The van der Waals surface area contributed by atoms with Gasteiger partial charge in [-0.2, -0.15) is 38.1 Å². The minimum atomic E-state index is -4.64. The van der Waals surface area contributed by atoms with Gasteiger partial charge in [-0.3, -0.25) is 4.79 Å². The molecule has 4 rings (SSSR count). The molecule has 2 aromatic carbocycles. The Morgan fingerprint density at radius 1 is 0.964 bits per heavy atom. The maximum Gasteiger partial charge on any atom is 0.448 e. The summed E-state index contributed by atoms with van der Waals surface area (Å²) >= 11 is 8.38. The Kier molecular flexibility index (Phi) is 29.0. The summed E-state index contributed by atoms with van der Waals surface area (Å²) in [7, 11) is 7.32. The molecule has 15 heteroatoms. The molecule has 0 radical (unpaired) electrons. The van der Waals surface area contributed by atoms with Crippen LogP contribution in [0.5, 0.6) is 5.75 Å². The van der Waals surface area contributed by atoms with E-state index in [0.717, 1.165) is 35.6 Å². The molecule has 2 aliphatic heterocycles. The Hall–Kier alpha value is -3.46. The van der Waals surface area contributed by atoms with Crippen molar-refractivity contribution in [2.24, 2.45) is 0 Å². The molecule has 2 aliphatic rings. The molecule has 0 amide bonds. The second-order valence-corrected chi connectivity index (χ2v) is 14.5. The van der Waals surface area contributed by atoms with Gasteiger partial charge < -0.3 is 29.8 Å². The quantitative estimate of drug-likeness (QED) is 0.118. The molecule has 1 atom stereocenters. The number of benzene rings is 2. The number of allylic oxidation sites excluding steroid dienone is 4. The van der Waals surface area contributed by atoms with Crippen LogP contribution in [0.15, 0.2) is 79.1 Å². The second-order valence-electron chi connectivity index (χ2n) is 12.5. The van der Waals surface area contributed by atoms with Gasteiger partial charge in [0.2, 0.25) is 0 Å². The lowest BCUT2D eigenvalue weighted by Gasteiger charge is -2.36. The fourth-order valence-corrected chi connectivity index (χ4v) is 6.60. The highest BCUT2D eigenvalue weighted by Gasteiger charge is 2.40. The number of rotatable bonds is 8. The number of aliphatic hydroxyl groups excluding tert-OH is 1. The van der Waals surface area contributed by atoms with Gasteiger partial charge in [0.15, 0.2) is 12.0 Å². The standard InChI is InChI=1S/C18H25ClN2OS.C10H9F3O2.C6H10.C3H3F3O.C2H7N.C2H6/c1-20-8-4-16(5-9-20)23-17-6-10-21(11-7-17)15-3-2-14(13-22)18(19)12-15;1-15-8-4-2-3-7(5-8)9(6-14)10(11,12)13;1-4-5-6(2)3;1-2(7)3(4,5)6;1-3-2;1-2/h2-3,12-13,16-17H,4-11H2,1H3;2-6,9H,1H3;4-5H,1H2,2-3H3;7H,1H2;3H,1-2H3;1-2H3. The Balaban J connectivity index is 0. The Morgan fingerprint density at radius 2 is 1.46 bits per heavy atom. The average Bonchev–Trinajstić information content (AvgIpc) is 3.14. The van der Waals surface area contributed by atoms with E-state index in [1.165, 1.54) is 75.7 Å². The maximum absolute atomic E-state index is 12.4. The van der Waals surface area contributed by atoms with E-state index >= 15 is 0 Å². The number of likely N-dealkylation sites (tertiary alicyclic amines) is 1. The Bertz CT molecular complexity index is 1440. The van der Waals surface area contributed by atoms with Crippen molar-refractivity contribution in [3.05, 3.63) is 95.3 Å². The van der Waals surface area contributed by atoms with E-state index < -0.39 is 24.0 Å². The molecule has 0 aromatic heterocycles. The highest BCUT2D eigenvalue weighted by atomic mass is 35.5. The second kappa shape index (κ2) is 29.7. The number of carbonyl (C=O) groups is 2.